The molecule has 150 valence electrons. The third kappa shape index (κ3) is 3.40. The number of terminal acetylenes is 1. The number of H-pyrrole nitrogens is 1. The van der Waals surface area contributed by atoms with Gasteiger partial charge in [-0.15, -0.1) is 12.3 Å². The zero-order valence-electron chi connectivity index (χ0n) is 16.4. The number of benzene rings is 2. The molecule has 0 bridgehead atoms. The maximum absolute atomic E-state index is 12.5. The van der Waals surface area contributed by atoms with E-state index in [4.69, 9.17) is 11.3 Å². The highest BCUT2D eigenvalue weighted by molar-refractivity contribution is 9.10. The summed E-state index contributed by atoms with van der Waals surface area (Å²) in [5, 5.41) is 15.5. The van der Waals surface area contributed by atoms with Crippen molar-refractivity contribution >= 4 is 49.9 Å². The van der Waals surface area contributed by atoms with Crippen molar-refractivity contribution in [3.8, 4) is 18.2 Å². The summed E-state index contributed by atoms with van der Waals surface area (Å²) in [5.41, 5.74) is 2.54. The van der Waals surface area contributed by atoms with E-state index in [1.165, 1.54) is 0 Å². The minimum Gasteiger partial charge on any atom is -0.494 e. The van der Waals surface area contributed by atoms with Crippen LogP contribution in [0.3, 0.4) is 0 Å². The number of rotatable bonds is 4. The predicted molar refractivity (Wildman–Crippen MR) is 120 cm³/mol. The smallest absolute Gasteiger partial charge is 0.341 e. The van der Waals surface area contributed by atoms with Crippen LogP contribution in [0, 0.1) is 17.8 Å². The Bertz CT molecular complexity index is 1280. The molecule has 30 heavy (non-hydrogen) atoms. The Morgan fingerprint density at radius 2 is 2.10 bits per heavy atom. The summed E-state index contributed by atoms with van der Waals surface area (Å²) in [6.07, 6.45) is 5.58. The van der Waals surface area contributed by atoms with Gasteiger partial charge in [-0.25, -0.2) is 9.79 Å². The second kappa shape index (κ2) is 7.47. The van der Waals surface area contributed by atoms with Gasteiger partial charge in [0.05, 0.1) is 22.2 Å². The van der Waals surface area contributed by atoms with Crippen LogP contribution in [0.15, 0.2) is 57.1 Å². The third-order valence-electron chi connectivity index (χ3n) is 4.91. The fourth-order valence-electron chi connectivity index (χ4n) is 3.27. The van der Waals surface area contributed by atoms with Crippen LogP contribution in [0.4, 0.5) is 5.69 Å². The molecule has 6 nitrogen and oxygen atoms in total. The molecular weight excluding hydrogens is 446 g/mol. The number of oxime groups is 1. The molecule has 2 aromatic carbocycles. The van der Waals surface area contributed by atoms with Gasteiger partial charge < -0.3 is 14.9 Å². The van der Waals surface area contributed by atoms with Crippen molar-refractivity contribution < 1.29 is 14.7 Å². The zero-order chi connectivity index (χ0) is 21.5. The summed E-state index contributed by atoms with van der Waals surface area (Å²) in [6.45, 7) is 3.41. The average molecular weight is 464 g/mol. The van der Waals surface area contributed by atoms with E-state index in [-0.39, 0.29) is 12.3 Å². The molecule has 1 aromatic heterocycles. The molecule has 7 heteroatoms. The summed E-state index contributed by atoms with van der Waals surface area (Å²) >= 11 is 3.43. The molecule has 0 saturated carbocycles. The van der Waals surface area contributed by atoms with Gasteiger partial charge in [-0.1, -0.05) is 45.4 Å². The highest BCUT2D eigenvalue weighted by atomic mass is 79.9. The summed E-state index contributed by atoms with van der Waals surface area (Å²) in [5.74, 6) is 1.90. The first-order valence-corrected chi connectivity index (χ1v) is 10.0. The fourth-order valence-corrected chi connectivity index (χ4v) is 3.63. The van der Waals surface area contributed by atoms with E-state index in [0.29, 0.717) is 28.2 Å². The number of aromatic nitrogens is 1. The highest BCUT2D eigenvalue weighted by Gasteiger charge is 2.32. The fraction of sp³-hybridized carbons (Fsp3) is 0.174. The van der Waals surface area contributed by atoms with E-state index in [1.54, 1.807) is 13.8 Å². The molecule has 2 heterocycles. The molecule has 1 aliphatic heterocycles. The van der Waals surface area contributed by atoms with Gasteiger partial charge in [0.1, 0.15) is 11.4 Å². The standard InChI is InChI=1S/C23H18BrN3O3/c1-4-11-23(2,3)22(29)30-27-19-15-7-5-6-8-16(15)25-20(19)18-14-10-9-13(24)12-17(14)26-21(18)28/h1,5-10,12,26,28H,11H2,2-3H3. The lowest BCUT2D eigenvalue weighted by atomic mass is 9.90. The van der Waals surface area contributed by atoms with Gasteiger partial charge in [-0.3, -0.25) is 0 Å². The number of halogens is 1. The van der Waals surface area contributed by atoms with Crippen LogP contribution in [0.5, 0.6) is 5.88 Å². The summed E-state index contributed by atoms with van der Waals surface area (Å²) in [6, 6.07) is 13.0. The molecule has 2 N–H and O–H groups in total. The number of hydrogen-bond donors (Lipinski definition) is 2. The molecule has 0 fully saturated rings. The first-order valence-electron chi connectivity index (χ1n) is 9.24. The number of aromatic hydroxyl groups is 1. The van der Waals surface area contributed by atoms with E-state index < -0.39 is 11.4 Å². The van der Waals surface area contributed by atoms with Crippen LogP contribution in [-0.4, -0.2) is 27.5 Å². The Morgan fingerprint density at radius 3 is 2.87 bits per heavy atom. The van der Waals surface area contributed by atoms with Crippen LogP contribution < -0.4 is 0 Å². The van der Waals surface area contributed by atoms with Crippen molar-refractivity contribution in [2.24, 2.45) is 15.6 Å². The monoisotopic (exact) mass is 463 g/mol. The number of aliphatic imine (C=N–C) groups is 1. The molecule has 0 saturated heterocycles. The molecule has 0 aliphatic carbocycles. The third-order valence-corrected chi connectivity index (χ3v) is 5.40. The van der Waals surface area contributed by atoms with Crippen molar-refractivity contribution in [3.63, 3.8) is 0 Å². The van der Waals surface area contributed by atoms with Crippen LogP contribution in [0.1, 0.15) is 31.4 Å². The van der Waals surface area contributed by atoms with E-state index in [0.717, 1.165) is 15.4 Å². The number of nitrogens with zero attached hydrogens (tertiary/aromatic N) is 2. The molecule has 0 atom stereocenters. The van der Waals surface area contributed by atoms with Crippen LogP contribution in [-0.2, 0) is 9.63 Å². The van der Waals surface area contributed by atoms with E-state index >= 15 is 0 Å². The second-order valence-corrected chi connectivity index (χ2v) is 8.52. The Hall–Kier alpha value is -3.37. The lowest BCUT2D eigenvalue weighted by Gasteiger charge is -2.17. The highest BCUT2D eigenvalue weighted by Crippen LogP contribution is 2.36. The molecule has 0 radical (unpaired) electrons. The van der Waals surface area contributed by atoms with Crippen LogP contribution in [0.25, 0.3) is 10.9 Å². The Labute approximate surface area is 181 Å². The predicted octanol–water partition coefficient (Wildman–Crippen LogP) is 5.07. The van der Waals surface area contributed by atoms with Crippen molar-refractivity contribution in [1.29, 1.82) is 0 Å². The van der Waals surface area contributed by atoms with Crippen molar-refractivity contribution in [3.05, 3.63) is 58.1 Å². The van der Waals surface area contributed by atoms with Crippen molar-refractivity contribution in [2.75, 3.05) is 0 Å². The van der Waals surface area contributed by atoms with Gasteiger partial charge in [0.2, 0.25) is 0 Å². The maximum Gasteiger partial charge on any atom is 0.341 e. The molecule has 3 aromatic rings. The minimum atomic E-state index is -0.872. The van der Waals surface area contributed by atoms with Crippen molar-refractivity contribution in [1.82, 2.24) is 4.98 Å². The number of para-hydroxylation sites is 1. The Balaban J connectivity index is 1.81. The number of aromatic amines is 1. The zero-order valence-corrected chi connectivity index (χ0v) is 17.9. The van der Waals surface area contributed by atoms with Crippen LogP contribution >= 0.6 is 15.9 Å². The maximum atomic E-state index is 12.5. The SMILES string of the molecule is C#CCC(C)(C)C(=O)ON=C1C(c2c(O)[nH]c3cc(Br)ccc23)=Nc2ccccc21. The lowest BCUT2D eigenvalue weighted by molar-refractivity contribution is -0.153. The van der Waals surface area contributed by atoms with Crippen molar-refractivity contribution in [2.45, 2.75) is 20.3 Å². The number of hydrogen-bond acceptors (Lipinski definition) is 5. The number of carbonyl (C=O) groups excluding carboxylic acids is 1. The summed E-state index contributed by atoms with van der Waals surface area (Å²) in [4.78, 5) is 25.4. The number of nitrogens with one attached hydrogen (secondary N) is 1. The second-order valence-electron chi connectivity index (χ2n) is 7.60. The molecule has 0 spiro atoms. The summed E-state index contributed by atoms with van der Waals surface area (Å²) in [7, 11) is 0. The van der Waals surface area contributed by atoms with E-state index in [9.17, 15) is 9.90 Å². The Kier molecular flexibility index (Phi) is 4.96. The first-order chi connectivity index (χ1) is 14.3. The largest absolute Gasteiger partial charge is 0.494 e. The van der Waals surface area contributed by atoms with Gasteiger partial charge >= 0.3 is 5.97 Å². The quantitative estimate of drug-likeness (QED) is 0.321. The Morgan fingerprint density at radius 1 is 1.33 bits per heavy atom. The van der Waals surface area contributed by atoms with Gasteiger partial charge in [-0.05, 0) is 32.0 Å². The van der Waals surface area contributed by atoms with Gasteiger partial charge in [0.15, 0.2) is 5.88 Å². The lowest BCUT2D eigenvalue weighted by Crippen LogP contribution is -2.25. The van der Waals surface area contributed by atoms with E-state index in [2.05, 4.69) is 37.0 Å². The minimum absolute atomic E-state index is 0.0404. The first kappa shape index (κ1) is 19.9. The van der Waals surface area contributed by atoms with E-state index in [1.807, 2.05) is 42.5 Å². The molecule has 1 aliphatic rings. The number of carbonyl (C=O) groups is 1. The topological polar surface area (TPSA) is 87.0 Å². The average Bonchev–Trinajstić information content (AvgIpc) is 3.21. The molecular formula is C23H18BrN3O3. The molecule has 4 rings (SSSR count). The summed E-state index contributed by atoms with van der Waals surface area (Å²) < 4.78 is 0.873. The molecule has 0 unspecified atom stereocenters. The van der Waals surface area contributed by atoms with Gasteiger partial charge in [-0.2, -0.15) is 0 Å². The normalized spacial score (nSPS) is 14.5. The van der Waals surface area contributed by atoms with Crippen LogP contribution in [0.2, 0.25) is 0 Å². The van der Waals surface area contributed by atoms with Gasteiger partial charge in [0, 0.05) is 21.8 Å². The molecule has 0 amide bonds. The van der Waals surface area contributed by atoms with Gasteiger partial charge in [0.25, 0.3) is 0 Å². The number of fused-ring (bicyclic) bond motifs is 2.